The number of hydrogen-bond donors (Lipinski definition) is 1. The highest BCUT2D eigenvalue weighted by atomic mass is 32.1. The summed E-state index contributed by atoms with van der Waals surface area (Å²) in [4.78, 5) is 28.7. The third kappa shape index (κ3) is 3.55. The Morgan fingerprint density at radius 2 is 1.73 bits per heavy atom. The first-order valence-corrected chi connectivity index (χ1v) is 10.3. The first-order chi connectivity index (χ1) is 14.6. The van der Waals surface area contributed by atoms with Crippen molar-refractivity contribution >= 4 is 40.1 Å². The summed E-state index contributed by atoms with van der Waals surface area (Å²) in [6.07, 6.45) is 0. The van der Waals surface area contributed by atoms with Gasteiger partial charge in [0.05, 0.1) is 25.0 Å². The molecule has 0 radical (unpaired) electrons. The van der Waals surface area contributed by atoms with Crippen molar-refractivity contribution in [3.05, 3.63) is 76.6 Å². The van der Waals surface area contributed by atoms with E-state index in [0.29, 0.717) is 35.1 Å². The Morgan fingerprint density at radius 3 is 2.40 bits per heavy atom. The fourth-order valence-electron chi connectivity index (χ4n) is 3.25. The van der Waals surface area contributed by atoms with E-state index in [1.54, 1.807) is 49.6 Å². The number of imide groups is 1. The van der Waals surface area contributed by atoms with Crippen LogP contribution in [0.15, 0.2) is 71.7 Å². The van der Waals surface area contributed by atoms with Crippen molar-refractivity contribution < 1.29 is 19.1 Å². The zero-order valence-corrected chi connectivity index (χ0v) is 17.4. The third-order valence-corrected chi connectivity index (χ3v) is 5.50. The highest BCUT2D eigenvalue weighted by Gasteiger charge is 2.41. The smallest absolute Gasteiger partial charge is 0.282 e. The predicted octanol–water partition coefficient (Wildman–Crippen LogP) is 4.55. The molecule has 0 atom stereocenters. The van der Waals surface area contributed by atoms with Crippen molar-refractivity contribution in [2.45, 2.75) is 6.92 Å². The number of hydrogen-bond acceptors (Lipinski definition) is 6. The van der Waals surface area contributed by atoms with Crippen molar-refractivity contribution in [3.63, 3.8) is 0 Å². The molecule has 0 bridgehead atoms. The molecular weight excluding hydrogens is 400 g/mol. The number of nitrogens with zero attached hydrogens (tertiary/aromatic N) is 1. The number of carbonyl (C=O) groups is 2. The Kier molecular flexibility index (Phi) is 5.54. The van der Waals surface area contributed by atoms with Gasteiger partial charge < -0.3 is 14.8 Å². The molecular formula is C23H20N2O4S. The van der Waals surface area contributed by atoms with Gasteiger partial charge in [0, 0.05) is 10.6 Å². The summed E-state index contributed by atoms with van der Waals surface area (Å²) in [5.41, 5.74) is 1.69. The molecule has 0 fully saturated rings. The summed E-state index contributed by atoms with van der Waals surface area (Å²) in [7, 11) is 1.59. The van der Waals surface area contributed by atoms with Gasteiger partial charge in [0.2, 0.25) is 0 Å². The first-order valence-electron chi connectivity index (χ1n) is 9.44. The number of para-hydroxylation sites is 2. The second kappa shape index (κ2) is 8.42. The zero-order valence-electron chi connectivity index (χ0n) is 16.5. The van der Waals surface area contributed by atoms with Gasteiger partial charge in [-0.2, -0.15) is 0 Å². The zero-order chi connectivity index (χ0) is 21.1. The highest BCUT2D eigenvalue weighted by molar-refractivity contribution is 7.11. The van der Waals surface area contributed by atoms with Gasteiger partial charge in [-0.3, -0.25) is 9.59 Å². The molecule has 0 saturated carbocycles. The number of carbonyl (C=O) groups excluding carboxylic acids is 2. The Bertz CT molecular complexity index is 1100. The molecule has 2 amide bonds. The van der Waals surface area contributed by atoms with Crippen molar-refractivity contribution in [3.8, 4) is 11.5 Å². The van der Waals surface area contributed by atoms with Crippen LogP contribution in [0.1, 0.15) is 11.8 Å². The molecule has 1 aliphatic rings. The summed E-state index contributed by atoms with van der Waals surface area (Å²) >= 11 is 1.41. The van der Waals surface area contributed by atoms with E-state index < -0.39 is 5.91 Å². The molecule has 152 valence electrons. The number of thiophene rings is 1. The van der Waals surface area contributed by atoms with Gasteiger partial charge in [-0.15, -0.1) is 11.3 Å². The van der Waals surface area contributed by atoms with E-state index in [0.717, 1.165) is 4.88 Å². The molecule has 0 unspecified atom stereocenters. The van der Waals surface area contributed by atoms with Crippen LogP contribution in [-0.2, 0) is 9.59 Å². The summed E-state index contributed by atoms with van der Waals surface area (Å²) in [6, 6.07) is 17.9. The van der Waals surface area contributed by atoms with E-state index in [-0.39, 0.29) is 11.6 Å². The third-order valence-electron chi connectivity index (χ3n) is 4.62. The van der Waals surface area contributed by atoms with Crippen molar-refractivity contribution in [1.29, 1.82) is 0 Å². The quantitative estimate of drug-likeness (QED) is 0.568. The Hall–Kier alpha value is -3.58. The van der Waals surface area contributed by atoms with E-state index in [2.05, 4.69) is 5.32 Å². The molecule has 0 spiro atoms. The van der Waals surface area contributed by atoms with Gasteiger partial charge in [0.25, 0.3) is 11.8 Å². The molecule has 0 saturated heterocycles. The molecule has 2 aromatic carbocycles. The minimum Gasteiger partial charge on any atom is -0.497 e. The Morgan fingerprint density at radius 1 is 0.967 bits per heavy atom. The standard InChI is InChI=1S/C23H20N2O4S/c1-3-29-18-8-5-4-7-17(18)25-22(26)20(19-9-6-14-30-19)21(23(25)27)24-15-10-12-16(28-2)13-11-15/h4-14,24H,3H2,1-2H3. The van der Waals surface area contributed by atoms with E-state index in [1.807, 2.05) is 30.5 Å². The number of benzene rings is 2. The van der Waals surface area contributed by atoms with Crippen LogP contribution in [0.2, 0.25) is 0 Å². The molecule has 0 aliphatic carbocycles. The highest BCUT2D eigenvalue weighted by Crippen LogP contribution is 2.39. The maximum absolute atomic E-state index is 13.4. The Balaban J connectivity index is 1.77. The van der Waals surface area contributed by atoms with Gasteiger partial charge in [-0.05, 0) is 54.8 Å². The van der Waals surface area contributed by atoms with Gasteiger partial charge >= 0.3 is 0 Å². The number of anilines is 2. The number of ether oxygens (including phenoxy) is 2. The average molecular weight is 420 g/mol. The SMILES string of the molecule is CCOc1ccccc1N1C(=O)C(Nc2ccc(OC)cc2)=C(c2cccs2)C1=O. The molecule has 6 nitrogen and oxygen atoms in total. The summed E-state index contributed by atoms with van der Waals surface area (Å²) < 4.78 is 10.8. The molecule has 1 N–H and O–H groups in total. The molecule has 7 heteroatoms. The minimum atomic E-state index is -0.425. The second-order valence-corrected chi connectivity index (χ2v) is 7.37. The van der Waals surface area contributed by atoms with Crippen LogP contribution < -0.4 is 19.7 Å². The number of methoxy groups -OCH3 is 1. The van der Waals surface area contributed by atoms with Gasteiger partial charge in [0.15, 0.2) is 0 Å². The van der Waals surface area contributed by atoms with Crippen LogP contribution in [0.5, 0.6) is 11.5 Å². The number of rotatable bonds is 7. The van der Waals surface area contributed by atoms with Crippen LogP contribution in [0.3, 0.4) is 0 Å². The molecule has 1 aromatic heterocycles. The largest absolute Gasteiger partial charge is 0.497 e. The maximum Gasteiger partial charge on any atom is 0.282 e. The van der Waals surface area contributed by atoms with Crippen molar-refractivity contribution in [2.24, 2.45) is 0 Å². The maximum atomic E-state index is 13.4. The van der Waals surface area contributed by atoms with Gasteiger partial charge in [0.1, 0.15) is 17.2 Å². The Labute approximate surface area is 178 Å². The minimum absolute atomic E-state index is 0.235. The summed E-state index contributed by atoms with van der Waals surface area (Å²) in [5, 5.41) is 5.02. The lowest BCUT2D eigenvalue weighted by Crippen LogP contribution is -2.32. The van der Waals surface area contributed by atoms with Crippen LogP contribution in [0, 0.1) is 0 Å². The normalized spacial score (nSPS) is 13.7. The summed E-state index contributed by atoms with van der Waals surface area (Å²) in [6.45, 7) is 2.28. The second-order valence-electron chi connectivity index (χ2n) is 6.43. The van der Waals surface area contributed by atoms with Crippen LogP contribution >= 0.6 is 11.3 Å². The summed E-state index contributed by atoms with van der Waals surface area (Å²) in [5.74, 6) is 0.379. The van der Waals surface area contributed by atoms with Crippen molar-refractivity contribution in [2.75, 3.05) is 23.9 Å². The van der Waals surface area contributed by atoms with E-state index >= 15 is 0 Å². The van der Waals surface area contributed by atoms with E-state index in [9.17, 15) is 9.59 Å². The molecule has 1 aliphatic heterocycles. The average Bonchev–Trinajstić information content (AvgIpc) is 3.36. The van der Waals surface area contributed by atoms with E-state index in [4.69, 9.17) is 9.47 Å². The van der Waals surface area contributed by atoms with Gasteiger partial charge in [-0.25, -0.2) is 4.90 Å². The fraction of sp³-hybridized carbons (Fsp3) is 0.130. The lowest BCUT2D eigenvalue weighted by atomic mass is 10.2. The molecule has 2 heterocycles. The fourth-order valence-corrected chi connectivity index (χ4v) is 4.02. The van der Waals surface area contributed by atoms with Crippen LogP contribution in [0.25, 0.3) is 5.57 Å². The number of nitrogens with one attached hydrogen (secondary N) is 1. The lowest BCUT2D eigenvalue weighted by molar-refractivity contribution is -0.120. The van der Waals surface area contributed by atoms with E-state index in [1.165, 1.54) is 16.2 Å². The van der Waals surface area contributed by atoms with Crippen LogP contribution in [-0.4, -0.2) is 25.5 Å². The monoisotopic (exact) mass is 420 g/mol. The topological polar surface area (TPSA) is 67.9 Å². The molecule has 30 heavy (non-hydrogen) atoms. The molecule has 4 rings (SSSR count). The van der Waals surface area contributed by atoms with Crippen molar-refractivity contribution in [1.82, 2.24) is 0 Å². The van der Waals surface area contributed by atoms with Crippen LogP contribution in [0.4, 0.5) is 11.4 Å². The van der Waals surface area contributed by atoms with Gasteiger partial charge in [-0.1, -0.05) is 18.2 Å². The lowest BCUT2D eigenvalue weighted by Gasteiger charge is -2.19. The predicted molar refractivity (Wildman–Crippen MR) is 118 cm³/mol. The first kappa shape index (κ1) is 19.7. The molecule has 3 aromatic rings. The number of amides is 2.